The first-order chi connectivity index (χ1) is 26.6. The minimum absolute atomic E-state index is 0.0108. The highest BCUT2D eigenvalue weighted by atomic mass is 32.2. The van der Waals surface area contributed by atoms with Crippen LogP contribution >= 0.6 is 11.8 Å². The molecule has 298 valence electrons. The quantitative estimate of drug-likeness (QED) is 0.0938. The molecule has 1 unspecified atom stereocenters. The van der Waals surface area contributed by atoms with Gasteiger partial charge in [-0.3, -0.25) is 14.4 Å². The Kier molecular flexibility index (Phi) is 12.0. The number of carbonyl (C=O) groups is 5. The predicted octanol–water partition coefficient (Wildman–Crippen LogP) is 4.94. The lowest BCUT2D eigenvalue weighted by Crippen LogP contribution is -2.74. The lowest BCUT2D eigenvalue weighted by Gasteiger charge is -2.52. The monoisotopic (exact) mass is 796 g/mol. The summed E-state index contributed by atoms with van der Waals surface area (Å²) in [4.78, 5) is 70.7. The highest BCUT2D eigenvalue weighted by Gasteiger charge is 2.60. The number of halogens is 3. The van der Waals surface area contributed by atoms with Crippen molar-refractivity contribution in [2.24, 2.45) is 17.8 Å². The fourth-order valence-corrected chi connectivity index (χ4v) is 8.75. The van der Waals surface area contributed by atoms with Gasteiger partial charge in [0.25, 0.3) is 0 Å². The van der Waals surface area contributed by atoms with Crippen LogP contribution in [0.5, 0.6) is 0 Å². The number of carbonyl (C=O) groups excluding carboxylic acids is 5. The number of fused-ring (bicyclic) bond motifs is 1. The predicted molar refractivity (Wildman–Crippen MR) is 199 cm³/mol. The molecule has 16 heteroatoms. The maximum atomic E-state index is 14.9. The van der Waals surface area contributed by atoms with Gasteiger partial charge in [-0.2, -0.15) is 13.2 Å². The smallest absolute Gasteiger partial charge is 0.408 e. The molecule has 0 aliphatic carbocycles. The molecule has 4 heterocycles. The molecule has 4 aliphatic rings. The van der Waals surface area contributed by atoms with Crippen LogP contribution in [0.1, 0.15) is 44.4 Å². The zero-order valence-corrected chi connectivity index (χ0v) is 31.8. The molecule has 6 rings (SSSR count). The van der Waals surface area contributed by atoms with E-state index in [4.69, 9.17) is 14.2 Å². The van der Waals surface area contributed by atoms with E-state index >= 15 is 0 Å². The highest BCUT2D eigenvalue weighted by Crippen LogP contribution is 2.49. The van der Waals surface area contributed by atoms with E-state index in [0.29, 0.717) is 11.1 Å². The van der Waals surface area contributed by atoms with Gasteiger partial charge >= 0.3 is 24.2 Å². The lowest BCUT2D eigenvalue weighted by molar-refractivity contribution is -0.185. The number of hydrogen-bond acceptors (Lipinski definition) is 10. The molecule has 3 N–H and O–H groups in total. The van der Waals surface area contributed by atoms with Gasteiger partial charge in [0, 0.05) is 24.6 Å². The second kappa shape index (κ2) is 16.6. The van der Waals surface area contributed by atoms with Crippen LogP contribution in [0.2, 0.25) is 0 Å². The first-order valence-electron chi connectivity index (χ1n) is 18.1. The number of amides is 3. The van der Waals surface area contributed by atoms with Crippen LogP contribution < -0.4 is 16.0 Å². The zero-order valence-electron chi connectivity index (χ0n) is 31.0. The average molecular weight is 797 g/mol. The van der Waals surface area contributed by atoms with Gasteiger partial charge in [-0.1, -0.05) is 73.3 Å². The molecule has 0 aromatic heterocycles. The third kappa shape index (κ3) is 8.50. The summed E-state index contributed by atoms with van der Waals surface area (Å²) in [6, 6.07) is 14.8. The van der Waals surface area contributed by atoms with Crippen molar-refractivity contribution in [1.82, 2.24) is 20.9 Å². The Morgan fingerprint density at radius 1 is 1.02 bits per heavy atom. The Morgan fingerprint density at radius 3 is 2.21 bits per heavy atom. The molecule has 3 fully saturated rings. The number of nitrogens with zero attached hydrogens (tertiary/aromatic N) is 1. The van der Waals surface area contributed by atoms with Crippen LogP contribution in [0.3, 0.4) is 0 Å². The molecular formula is C40H43F3N4O8S. The van der Waals surface area contributed by atoms with Crippen molar-refractivity contribution < 1.29 is 51.4 Å². The molecular weight excluding hydrogens is 754 g/mol. The minimum Gasteiger partial charge on any atom is -0.461 e. The van der Waals surface area contributed by atoms with Gasteiger partial charge in [0.1, 0.15) is 23.6 Å². The largest absolute Gasteiger partial charge is 0.461 e. The van der Waals surface area contributed by atoms with Crippen molar-refractivity contribution in [2.75, 3.05) is 26.2 Å². The Hall–Kier alpha value is -5.09. The molecule has 0 bridgehead atoms. The number of alkyl carbamates (subject to hydrolysis) is 1. The van der Waals surface area contributed by atoms with Gasteiger partial charge in [-0.15, -0.1) is 11.8 Å². The summed E-state index contributed by atoms with van der Waals surface area (Å²) >= 11 is 1.00. The fourth-order valence-electron chi connectivity index (χ4n) is 7.51. The lowest BCUT2D eigenvalue weighted by atomic mass is 9.73. The number of benzene rings is 2. The van der Waals surface area contributed by atoms with E-state index < -0.39 is 89.5 Å². The molecule has 56 heavy (non-hydrogen) atoms. The number of ether oxygens (including phenoxy) is 3. The van der Waals surface area contributed by atoms with E-state index in [1.165, 1.54) is 16.4 Å². The molecule has 4 aliphatic heterocycles. The number of nitrogens with one attached hydrogen (secondary N) is 3. The molecule has 0 saturated carbocycles. The van der Waals surface area contributed by atoms with Crippen LogP contribution in [-0.2, 0) is 33.4 Å². The maximum Gasteiger partial charge on any atom is 0.408 e. The number of thioether (sulfide) groups is 1. The summed E-state index contributed by atoms with van der Waals surface area (Å²) in [6.45, 7) is 7.55. The summed E-state index contributed by atoms with van der Waals surface area (Å²) in [5.74, 6) is -8.57. The Balaban J connectivity index is 1.50. The number of alkyl halides is 3. The first kappa shape index (κ1) is 40.6. The summed E-state index contributed by atoms with van der Waals surface area (Å²) in [7, 11) is 0. The molecule has 3 saturated heterocycles. The van der Waals surface area contributed by atoms with Gasteiger partial charge in [-0.05, 0) is 61.4 Å². The van der Waals surface area contributed by atoms with Crippen molar-refractivity contribution in [2.45, 2.75) is 62.5 Å². The van der Waals surface area contributed by atoms with Crippen molar-refractivity contribution in [1.29, 1.82) is 0 Å². The Labute approximate surface area is 326 Å². The molecule has 0 spiro atoms. The van der Waals surface area contributed by atoms with Crippen LogP contribution in [0.4, 0.5) is 18.0 Å². The van der Waals surface area contributed by atoms with Crippen molar-refractivity contribution in [3.05, 3.63) is 107 Å². The van der Waals surface area contributed by atoms with Crippen molar-refractivity contribution in [3.8, 4) is 0 Å². The highest BCUT2D eigenvalue weighted by molar-refractivity contribution is 8.03. The molecule has 2 aromatic carbocycles. The van der Waals surface area contributed by atoms with Gasteiger partial charge in [0.05, 0.1) is 11.8 Å². The van der Waals surface area contributed by atoms with E-state index in [2.05, 4.69) is 22.5 Å². The number of β-lactam (4-membered cyclic amide) rings is 1. The van der Waals surface area contributed by atoms with Gasteiger partial charge in [-0.25, -0.2) is 9.59 Å². The molecule has 12 nitrogen and oxygen atoms in total. The zero-order chi connectivity index (χ0) is 40.4. The van der Waals surface area contributed by atoms with Crippen LogP contribution in [0, 0.1) is 17.8 Å². The standard InChI is InChI=1S/C40H43F3N4O8S/c1-5-18-53-36(50)29(25-19-44-20-27(25)40(41,42)43)28(24-16-17-45-33(24)48)26-21-56-35-30(46-38(52)55-39(2,3)4)34(49)47(35)31(26)37(51)54-32(22-12-8-6-9-13-22)23-14-10-7-11-15-23/h5-15,21,25,27,29-32,35,44H,1,16-20H2,2-4H3,(H,45,48)(H,46,52)/t25-,27+,29?,30-,31-,35-/m1/s1. The minimum atomic E-state index is -4.75. The SMILES string of the molecule is C=CCOC(=O)C(C(C1=CS[C@@H]2[C@H](NC(=O)OC(C)(C)C)C(=O)N2[C@H]1C(=O)OC(c1ccccc1)c1ccccc1)=C1CCNC1=O)[C@@H]1CNC[C@@H]1C(F)(F)F. The van der Waals surface area contributed by atoms with E-state index in [1.54, 1.807) is 81.4 Å². The third-order valence-corrected chi connectivity index (χ3v) is 11.1. The average Bonchev–Trinajstić information content (AvgIpc) is 3.83. The summed E-state index contributed by atoms with van der Waals surface area (Å²) in [6.07, 6.45) is -5.34. The fraction of sp³-hybridized carbons (Fsp3) is 0.425. The van der Waals surface area contributed by atoms with Crippen LogP contribution in [0.25, 0.3) is 0 Å². The molecule has 3 amide bonds. The molecule has 6 atom stereocenters. The van der Waals surface area contributed by atoms with E-state index in [-0.39, 0.29) is 42.8 Å². The van der Waals surface area contributed by atoms with Crippen LogP contribution in [0.15, 0.2) is 95.4 Å². The van der Waals surface area contributed by atoms with E-state index in [1.807, 2.05) is 0 Å². The normalized spacial score (nSPS) is 24.9. The second-order valence-corrected chi connectivity index (χ2v) is 15.8. The Bertz CT molecular complexity index is 1880. The summed E-state index contributed by atoms with van der Waals surface area (Å²) < 4.78 is 61.0. The van der Waals surface area contributed by atoms with Gasteiger partial charge in [0.2, 0.25) is 11.8 Å². The van der Waals surface area contributed by atoms with Gasteiger partial charge < -0.3 is 35.1 Å². The maximum absolute atomic E-state index is 14.9. The molecule has 2 aromatic rings. The van der Waals surface area contributed by atoms with E-state index in [9.17, 15) is 37.1 Å². The van der Waals surface area contributed by atoms with Gasteiger partial charge in [0.15, 0.2) is 12.1 Å². The second-order valence-electron chi connectivity index (χ2n) is 14.8. The third-order valence-electron chi connectivity index (χ3n) is 9.91. The Morgan fingerprint density at radius 2 is 1.66 bits per heavy atom. The first-order valence-corrected chi connectivity index (χ1v) is 19.1. The number of esters is 2. The molecule has 0 radical (unpaired) electrons. The topological polar surface area (TPSA) is 152 Å². The number of hydrogen-bond donors (Lipinski definition) is 3. The van der Waals surface area contributed by atoms with Crippen LogP contribution in [-0.4, -0.2) is 90.2 Å². The van der Waals surface area contributed by atoms with E-state index in [0.717, 1.165) is 11.8 Å². The van der Waals surface area contributed by atoms with Crippen molar-refractivity contribution >= 4 is 41.6 Å². The summed E-state index contributed by atoms with van der Waals surface area (Å²) in [5, 5.41) is 8.56. The number of rotatable bonds is 11. The van der Waals surface area contributed by atoms with Crippen molar-refractivity contribution in [3.63, 3.8) is 0 Å². The summed E-state index contributed by atoms with van der Waals surface area (Å²) in [5.41, 5.74) is 0.0754.